The third-order valence-electron chi connectivity index (χ3n) is 3.28. The van der Waals surface area contributed by atoms with Crippen molar-refractivity contribution >= 4 is 5.84 Å². The van der Waals surface area contributed by atoms with E-state index in [1.807, 2.05) is 0 Å². The molecule has 2 rings (SSSR count). The normalized spacial score (nSPS) is 29.2. The van der Waals surface area contributed by atoms with E-state index in [9.17, 15) is 0 Å². The second-order valence-electron chi connectivity index (χ2n) is 4.15. The van der Waals surface area contributed by atoms with Crippen molar-refractivity contribution in [1.29, 1.82) is 0 Å². The van der Waals surface area contributed by atoms with Gasteiger partial charge in [-0.25, -0.2) is 0 Å². The van der Waals surface area contributed by atoms with Gasteiger partial charge in [-0.15, -0.1) is 0 Å². The molecule has 1 atom stereocenters. The summed E-state index contributed by atoms with van der Waals surface area (Å²) in [5, 5.41) is 0. The van der Waals surface area contributed by atoms with Crippen LogP contribution in [0.4, 0.5) is 0 Å². The monoisotopic (exact) mass is 180 g/mol. The molecule has 1 fully saturated rings. The van der Waals surface area contributed by atoms with Gasteiger partial charge in [-0.05, 0) is 25.7 Å². The average Bonchev–Trinajstić information content (AvgIpc) is 2.39. The van der Waals surface area contributed by atoms with Gasteiger partial charge in [-0.1, -0.05) is 13.3 Å². The van der Waals surface area contributed by atoms with Crippen LogP contribution in [-0.2, 0) is 0 Å². The van der Waals surface area contributed by atoms with E-state index in [1.165, 1.54) is 50.9 Å². The van der Waals surface area contributed by atoms with Gasteiger partial charge in [0.1, 0.15) is 0 Å². The molecule has 1 unspecified atom stereocenters. The second kappa shape index (κ2) is 4.12. The summed E-state index contributed by atoms with van der Waals surface area (Å²) in [6, 6.07) is 0.793. The fraction of sp³-hybridized carbons (Fsp3) is 0.909. The van der Waals surface area contributed by atoms with Crippen molar-refractivity contribution < 1.29 is 0 Å². The van der Waals surface area contributed by atoms with Gasteiger partial charge in [0.05, 0.1) is 5.84 Å². The number of hydrogen-bond acceptors (Lipinski definition) is 2. The Morgan fingerprint density at radius 3 is 3.15 bits per heavy atom. The fourth-order valence-corrected chi connectivity index (χ4v) is 2.53. The van der Waals surface area contributed by atoms with E-state index in [-0.39, 0.29) is 0 Å². The molecule has 0 aromatic carbocycles. The van der Waals surface area contributed by atoms with Gasteiger partial charge in [0.25, 0.3) is 0 Å². The maximum Gasteiger partial charge on any atom is 0.0991 e. The van der Waals surface area contributed by atoms with Gasteiger partial charge in [-0.3, -0.25) is 4.99 Å². The second-order valence-corrected chi connectivity index (χ2v) is 4.15. The zero-order valence-corrected chi connectivity index (χ0v) is 8.63. The smallest absolute Gasteiger partial charge is 0.0991 e. The predicted molar refractivity (Wildman–Crippen MR) is 56.2 cm³/mol. The highest BCUT2D eigenvalue weighted by molar-refractivity contribution is 5.83. The van der Waals surface area contributed by atoms with Crippen molar-refractivity contribution in [2.75, 3.05) is 13.1 Å². The number of amidine groups is 1. The zero-order chi connectivity index (χ0) is 9.10. The van der Waals surface area contributed by atoms with Crippen molar-refractivity contribution in [1.82, 2.24) is 4.90 Å². The molecular formula is C11H20N2. The quantitative estimate of drug-likeness (QED) is 0.605. The van der Waals surface area contributed by atoms with Crippen molar-refractivity contribution in [3.8, 4) is 0 Å². The summed E-state index contributed by atoms with van der Waals surface area (Å²) >= 11 is 0. The Balaban J connectivity index is 2.13. The fourth-order valence-electron chi connectivity index (χ4n) is 2.53. The van der Waals surface area contributed by atoms with E-state index < -0.39 is 0 Å². The third kappa shape index (κ3) is 1.87. The summed E-state index contributed by atoms with van der Waals surface area (Å²) in [5.41, 5.74) is 0. The van der Waals surface area contributed by atoms with Gasteiger partial charge in [0, 0.05) is 25.6 Å². The van der Waals surface area contributed by atoms with Crippen LogP contribution in [0.25, 0.3) is 0 Å². The molecule has 2 heterocycles. The number of nitrogens with zero attached hydrogens (tertiary/aromatic N) is 2. The lowest BCUT2D eigenvalue weighted by molar-refractivity contribution is 0.278. The van der Waals surface area contributed by atoms with E-state index >= 15 is 0 Å². The molecule has 2 nitrogen and oxygen atoms in total. The highest BCUT2D eigenvalue weighted by Gasteiger charge is 2.24. The molecule has 2 aliphatic rings. The molecule has 0 aliphatic carbocycles. The molecule has 74 valence electrons. The Labute approximate surface area is 81.0 Å². The Kier molecular flexibility index (Phi) is 2.87. The minimum Gasteiger partial charge on any atom is -0.357 e. The van der Waals surface area contributed by atoms with Gasteiger partial charge < -0.3 is 4.90 Å². The van der Waals surface area contributed by atoms with Crippen molar-refractivity contribution in [3.05, 3.63) is 0 Å². The molecule has 0 N–H and O–H groups in total. The van der Waals surface area contributed by atoms with Crippen LogP contribution in [0.15, 0.2) is 4.99 Å². The van der Waals surface area contributed by atoms with Crippen LogP contribution in [0.2, 0.25) is 0 Å². The first-order valence-corrected chi connectivity index (χ1v) is 5.72. The van der Waals surface area contributed by atoms with Crippen LogP contribution in [0.5, 0.6) is 0 Å². The largest absolute Gasteiger partial charge is 0.357 e. The highest BCUT2D eigenvalue weighted by atomic mass is 15.2. The van der Waals surface area contributed by atoms with Gasteiger partial charge in [0.2, 0.25) is 0 Å². The summed E-state index contributed by atoms with van der Waals surface area (Å²) in [7, 11) is 0. The first-order chi connectivity index (χ1) is 6.42. The van der Waals surface area contributed by atoms with E-state index in [0.29, 0.717) is 0 Å². The van der Waals surface area contributed by atoms with Crippen molar-refractivity contribution in [3.63, 3.8) is 0 Å². The molecule has 2 aliphatic heterocycles. The van der Waals surface area contributed by atoms with Crippen LogP contribution in [0.3, 0.4) is 0 Å². The first-order valence-electron chi connectivity index (χ1n) is 5.72. The SMILES string of the molecule is CCC1CCCCC2=NCCCN21. The third-order valence-corrected chi connectivity index (χ3v) is 3.28. The lowest BCUT2D eigenvalue weighted by atomic mass is 10.1. The topological polar surface area (TPSA) is 15.6 Å². The first kappa shape index (κ1) is 9.04. The molecule has 1 saturated heterocycles. The molecule has 13 heavy (non-hydrogen) atoms. The van der Waals surface area contributed by atoms with E-state index in [1.54, 1.807) is 0 Å². The molecule has 0 amide bonds. The summed E-state index contributed by atoms with van der Waals surface area (Å²) in [6.07, 6.45) is 7.92. The number of aliphatic imine (C=N–C) groups is 1. The van der Waals surface area contributed by atoms with Crippen molar-refractivity contribution in [2.24, 2.45) is 4.99 Å². The van der Waals surface area contributed by atoms with E-state index in [2.05, 4.69) is 16.8 Å². The highest BCUT2D eigenvalue weighted by Crippen LogP contribution is 2.22. The van der Waals surface area contributed by atoms with Crippen LogP contribution in [0, 0.1) is 0 Å². The molecule has 0 spiro atoms. The maximum atomic E-state index is 4.65. The van der Waals surface area contributed by atoms with Crippen molar-refractivity contribution in [2.45, 2.75) is 51.5 Å². The molecule has 0 aromatic heterocycles. The summed E-state index contributed by atoms with van der Waals surface area (Å²) < 4.78 is 0. The standard InChI is InChI=1S/C11H20N2/c1-2-10-6-3-4-7-11-12-8-5-9-13(10)11/h10H,2-9H2,1H3. The maximum absolute atomic E-state index is 4.65. The average molecular weight is 180 g/mol. The Hall–Kier alpha value is -0.530. The predicted octanol–water partition coefficient (Wildman–Crippen LogP) is 2.44. The molecule has 0 bridgehead atoms. The number of hydrogen-bond donors (Lipinski definition) is 0. The van der Waals surface area contributed by atoms with E-state index in [4.69, 9.17) is 0 Å². The Bertz CT molecular complexity index is 198. The molecule has 0 saturated carbocycles. The molecular weight excluding hydrogens is 160 g/mol. The number of rotatable bonds is 1. The van der Waals surface area contributed by atoms with E-state index in [0.717, 1.165) is 12.6 Å². The Morgan fingerprint density at radius 2 is 2.31 bits per heavy atom. The molecule has 0 radical (unpaired) electrons. The van der Waals surface area contributed by atoms with Gasteiger partial charge in [0.15, 0.2) is 0 Å². The van der Waals surface area contributed by atoms with Crippen LogP contribution in [0.1, 0.15) is 45.4 Å². The molecule has 2 heteroatoms. The summed E-state index contributed by atoms with van der Waals surface area (Å²) in [4.78, 5) is 7.23. The summed E-state index contributed by atoms with van der Waals surface area (Å²) in [6.45, 7) is 4.64. The minimum atomic E-state index is 0.793. The van der Waals surface area contributed by atoms with Gasteiger partial charge >= 0.3 is 0 Å². The lowest BCUT2D eigenvalue weighted by Gasteiger charge is -2.34. The minimum absolute atomic E-state index is 0.793. The van der Waals surface area contributed by atoms with Crippen LogP contribution < -0.4 is 0 Å². The molecule has 0 aromatic rings. The lowest BCUT2D eigenvalue weighted by Crippen LogP contribution is -2.41. The zero-order valence-electron chi connectivity index (χ0n) is 8.63. The number of fused-ring (bicyclic) bond motifs is 1. The van der Waals surface area contributed by atoms with Gasteiger partial charge in [-0.2, -0.15) is 0 Å². The van der Waals surface area contributed by atoms with Crippen LogP contribution >= 0.6 is 0 Å². The van der Waals surface area contributed by atoms with Crippen LogP contribution in [-0.4, -0.2) is 29.9 Å². The Morgan fingerprint density at radius 1 is 1.38 bits per heavy atom. The summed E-state index contributed by atoms with van der Waals surface area (Å²) in [5.74, 6) is 1.41.